The third-order valence-corrected chi connectivity index (χ3v) is 6.31. The van der Waals surface area contributed by atoms with Gasteiger partial charge in [-0.25, -0.2) is 22.0 Å². The fourth-order valence-electron chi connectivity index (χ4n) is 1.62. The summed E-state index contributed by atoms with van der Waals surface area (Å²) in [7, 11) is -0.0564. The zero-order valence-corrected chi connectivity index (χ0v) is 12.1. The molecule has 0 atom stereocenters. The van der Waals surface area contributed by atoms with Crippen molar-refractivity contribution in [1.82, 2.24) is 0 Å². The number of hydrogen-bond acceptors (Lipinski definition) is 3. The Balaban J connectivity index is 3.11. The van der Waals surface area contributed by atoms with Crippen molar-refractivity contribution in [2.24, 2.45) is 0 Å². The highest BCUT2D eigenvalue weighted by Crippen LogP contribution is 2.27. The van der Waals surface area contributed by atoms with Gasteiger partial charge in [-0.1, -0.05) is 6.92 Å². The van der Waals surface area contributed by atoms with Crippen molar-refractivity contribution in [1.29, 1.82) is 0 Å². The molecule has 1 N–H and O–H groups in total. The van der Waals surface area contributed by atoms with Gasteiger partial charge in [-0.15, -0.1) is 0 Å². The van der Waals surface area contributed by atoms with E-state index in [4.69, 9.17) is 8.85 Å². The van der Waals surface area contributed by atoms with Gasteiger partial charge in [-0.2, -0.15) is 0 Å². The number of rotatable bonds is 6. The molecule has 0 saturated carbocycles. The molecule has 3 nitrogen and oxygen atoms in total. The Hall–Kier alpha value is -1.19. The highest BCUT2D eigenvalue weighted by Gasteiger charge is 2.35. The van der Waals surface area contributed by atoms with Crippen molar-refractivity contribution in [3.63, 3.8) is 0 Å². The predicted molar refractivity (Wildman–Crippen MR) is 65.0 cm³/mol. The summed E-state index contributed by atoms with van der Waals surface area (Å²) in [4.78, 5) is 0. The molecule has 9 heteroatoms. The zero-order valence-electron chi connectivity index (χ0n) is 11.1. The molecular weight excluding hydrogens is 301 g/mol. The van der Waals surface area contributed by atoms with Crippen LogP contribution in [0.4, 0.5) is 27.6 Å². The molecule has 0 fully saturated rings. The molecule has 0 spiro atoms. The van der Waals surface area contributed by atoms with Crippen molar-refractivity contribution in [3.8, 4) is 0 Å². The molecule has 114 valence electrons. The standard InChI is InChI=1S/C11H14F5NO2Si/c1-4-20(18-2,19-3)5-17-11-9(15)7(13)6(12)8(14)10(11)16/h17H,4-5H2,1-3H3. The molecule has 1 aromatic rings. The topological polar surface area (TPSA) is 30.5 Å². The van der Waals surface area contributed by atoms with Crippen LogP contribution in [-0.2, 0) is 8.85 Å². The van der Waals surface area contributed by atoms with E-state index in [1.165, 1.54) is 14.2 Å². The summed E-state index contributed by atoms with van der Waals surface area (Å²) < 4.78 is 76.1. The van der Waals surface area contributed by atoms with Gasteiger partial charge < -0.3 is 14.2 Å². The minimum atomic E-state index is -2.78. The first-order valence-corrected chi connectivity index (χ1v) is 7.92. The van der Waals surface area contributed by atoms with Gasteiger partial charge in [0.15, 0.2) is 23.3 Å². The number of halogens is 5. The summed E-state index contributed by atoms with van der Waals surface area (Å²) in [6.07, 6.45) is -0.158. The van der Waals surface area contributed by atoms with Crippen LogP contribution in [0.1, 0.15) is 6.92 Å². The molecule has 0 bridgehead atoms. The molecule has 1 rings (SSSR count). The molecule has 0 saturated heterocycles. The number of nitrogens with one attached hydrogen (secondary N) is 1. The second kappa shape index (κ2) is 6.51. The van der Waals surface area contributed by atoms with Gasteiger partial charge in [0.2, 0.25) is 5.82 Å². The first-order chi connectivity index (χ1) is 9.33. The number of hydrogen-bond donors (Lipinski definition) is 1. The van der Waals surface area contributed by atoms with Crippen molar-refractivity contribution < 1.29 is 30.8 Å². The summed E-state index contributed by atoms with van der Waals surface area (Å²) in [5.74, 6) is -10.0. The lowest BCUT2D eigenvalue weighted by Crippen LogP contribution is -2.47. The molecule has 20 heavy (non-hydrogen) atoms. The summed E-state index contributed by atoms with van der Waals surface area (Å²) in [5.41, 5.74) is -1.08. The minimum Gasteiger partial charge on any atom is -0.397 e. The maximum Gasteiger partial charge on any atom is 0.357 e. The van der Waals surface area contributed by atoms with Gasteiger partial charge >= 0.3 is 8.56 Å². The Kier molecular flexibility index (Phi) is 5.48. The maximum absolute atomic E-state index is 13.4. The first-order valence-electron chi connectivity index (χ1n) is 5.69. The molecule has 1 aromatic carbocycles. The van der Waals surface area contributed by atoms with Gasteiger partial charge in [0.05, 0.1) is 6.17 Å². The third-order valence-electron chi connectivity index (χ3n) is 3.03. The summed E-state index contributed by atoms with van der Waals surface area (Å²) in [6, 6.07) is 0.433. The van der Waals surface area contributed by atoms with Crippen LogP contribution in [0.2, 0.25) is 6.04 Å². The lowest BCUT2D eigenvalue weighted by molar-refractivity contribution is 0.246. The van der Waals surface area contributed by atoms with Crippen LogP contribution < -0.4 is 5.32 Å². The second-order valence-electron chi connectivity index (χ2n) is 3.97. The minimum absolute atomic E-state index is 0.158. The van der Waals surface area contributed by atoms with E-state index >= 15 is 0 Å². The number of benzene rings is 1. The molecule has 0 aromatic heterocycles. The van der Waals surface area contributed by atoms with Crippen LogP contribution in [0.15, 0.2) is 0 Å². The quantitative estimate of drug-likeness (QED) is 0.379. The normalized spacial score (nSPS) is 11.8. The van der Waals surface area contributed by atoms with Crippen LogP contribution in [0.3, 0.4) is 0 Å². The lowest BCUT2D eigenvalue weighted by atomic mass is 10.2. The van der Waals surface area contributed by atoms with E-state index in [-0.39, 0.29) is 6.17 Å². The monoisotopic (exact) mass is 315 g/mol. The summed E-state index contributed by atoms with van der Waals surface area (Å²) in [5, 5.41) is 2.20. The van der Waals surface area contributed by atoms with Crippen LogP contribution in [0.25, 0.3) is 0 Å². The van der Waals surface area contributed by atoms with E-state index in [0.717, 1.165) is 0 Å². The number of anilines is 1. The summed E-state index contributed by atoms with van der Waals surface area (Å²) >= 11 is 0. The second-order valence-corrected chi connectivity index (χ2v) is 7.67. The van der Waals surface area contributed by atoms with E-state index in [1.54, 1.807) is 6.92 Å². The lowest BCUT2D eigenvalue weighted by Gasteiger charge is -2.26. The molecule has 0 amide bonds. The van der Waals surface area contributed by atoms with Crippen molar-refractivity contribution in [2.75, 3.05) is 25.7 Å². The van der Waals surface area contributed by atoms with Crippen LogP contribution in [0, 0.1) is 29.1 Å². The maximum atomic E-state index is 13.4. The third kappa shape index (κ3) is 2.94. The van der Waals surface area contributed by atoms with E-state index in [9.17, 15) is 22.0 Å². The molecule has 0 aliphatic rings. The largest absolute Gasteiger partial charge is 0.397 e. The summed E-state index contributed by atoms with van der Waals surface area (Å²) in [6.45, 7) is 1.74. The molecular formula is C11H14F5NO2Si. The highest BCUT2D eigenvalue weighted by molar-refractivity contribution is 6.67. The zero-order chi connectivity index (χ0) is 15.5. The van der Waals surface area contributed by atoms with Crippen LogP contribution in [0.5, 0.6) is 0 Å². The average Bonchev–Trinajstić information content (AvgIpc) is 2.47. The van der Waals surface area contributed by atoms with E-state index in [0.29, 0.717) is 6.04 Å². The van der Waals surface area contributed by atoms with Crippen LogP contribution in [-0.4, -0.2) is 28.9 Å². The predicted octanol–water partition coefficient (Wildman–Crippen LogP) is 3.09. The molecule has 0 unspecified atom stereocenters. The Morgan fingerprint density at radius 3 is 1.60 bits per heavy atom. The van der Waals surface area contributed by atoms with Crippen LogP contribution >= 0.6 is 0 Å². The molecule has 0 aliphatic carbocycles. The molecule has 0 radical (unpaired) electrons. The van der Waals surface area contributed by atoms with Gasteiger partial charge in [-0.3, -0.25) is 0 Å². The van der Waals surface area contributed by atoms with E-state index in [2.05, 4.69) is 5.32 Å². The van der Waals surface area contributed by atoms with Crippen molar-refractivity contribution in [2.45, 2.75) is 13.0 Å². The van der Waals surface area contributed by atoms with Crippen molar-refractivity contribution >= 4 is 14.2 Å². The van der Waals surface area contributed by atoms with Gasteiger partial charge in [0, 0.05) is 14.2 Å². The Morgan fingerprint density at radius 1 is 0.850 bits per heavy atom. The first kappa shape index (κ1) is 16.9. The fraction of sp³-hybridized carbons (Fsp3) is 0.455. The fourth-order valence-corrected chi connectivity index (χ4v) is 3.35. The van der Waals surface area contributed by atoms with Gasteiger partial charge in [0.25, 0.3) is 0 Å². The smallest absolute Gasteiger partial charge is 0.357 e. The highest BCUT2D eigenvalue weighted by atomic mass is 28.4. The SMILES string of the molecule is CC[Si](CNc1c(F)c(F)c(F)c(F)c1F)(OC)OC. The Bertz CT molecular complexity index is 459. The molecule has 0 heterocycles. The average molecular weight is 315 g/mol. The van der Waals surface area contributed by atoms with E-state index in [1.807, 2.05) is 0 Å². The Morgan fingerprint density at radius 2 is 1.25 bits per heavy atom. The Labute approximate surface area is 113 Å². The van der Waals surface area contributed by atoms with Gasteiger partial charge in [-0.05, 0) is 6.04 Å². The van der Waals surface area contributed by atoms with Gasteiger partial charge in [0.1, 0.15) is 5.69 Å². The molecule has 0 aliphatic heterocycles. The van der Waals surface area contributed by atoms with Crippen molar-refractivity contribution in [3.05, 3.63) is 29.1 Å². The van der Waals surface area contributed by atoms with E-state index < -0.39 is 43.3 Å².